The van der Waals surface area contributed by atoms with Crippen LogP contribution >= 0.6 is 0 Å². The van der Waals surface area contributed by atoms with Crippen LogP contribution in [0.2, 0.25) is 0 Å². The van der Waals surface area contributed by atoms with Crippen molar-refractivity contribution in [1.29, 1.82) is 0 Å². The van der Waals surface area contributed by atoms with Crippen molar-refractivity contribution >= 4 is 32.2 Å². The molecule has 9 nitrogen and oxygen atoms in total. The van der Waals surface area contributed by atoms with Crippen LogP contribution in [0.1, 0.15) is 25.0 Å². The highest BCUT2D eigenvalue weighted by Crippen LogP contribution is 2.35. The van der Waals surface area contributed by atoms with E-state index in [1.807, 2.05) is 49.4 Å². The summed E-state index contributed by atoms with van der Waals surface area (Å²) >= 11 is 0. The van der Waals surface area contributed by atoms with Crippen molar-refractivity contribution in [3.05, 3.63) is 83.9 Å². The summed E-state index contributed by atoms with van der Waals surface area (Å²) in [5.41, 5.74) is 1.69. The van der Waals surface area contributed by atoms with Crippen LogP contribution in [0.15, 0.2) is 82.6 Å². The Bertz CT molecular complexity index is 1590. The van der Waals surface area contributed by atoms with Gasteiger partial charge in [0.25, 0.3) is 0 Å². The Morgan fingerprint density at radius 2 is 1.73 bits per heavy atom. The molecule has 0 bridgehead atoms. The van der Waals surface area contributed by atoms with Gasteiger partial charge in [-0.3, -0.25) is 0 Å². The molecule has 0 spiro atoms. The van der Waals surface area contributed by atoms with E-state index in [0.717, 1.165) is 5.56 Å². The third-order valence-corrected chi connectivity index (χ3v) is 11.0. The van der Waals surface area contributed by atoms with Crippen molar-refractivity contribution in [2.45, 2.75) is 35.8 Å². The average Bonchev–Trinajstić information content (AvgIpc) is 2.97. The number of rotatable bonds is 9. The van der Waals surface area contributed by atoms with Gasteiger partial charge in [0.05, 0.1) is 20.3 Å². The van der Waals surface area contributed by atoms with Gasteiger partial charge in [-0.05, 0) is 42.3 Å². The van der Waals surface area contributed by atoms with E-state index < -0.39 is 38.1 Å². The molecule has 0 unspecified atom stereocenters. The van der Waals surface area contributed by atoms with Gasteiger partial charge in [-0.1, -0.05) is 67.6 Å². The highest BCUT2D eigenvalue weighted by atomic mass is 32.2. The molecule has 0 amide bonds. The Labute approximate surface area is 242 Å². The normalized spacial score (nSPS) is 20.1. The van der Waals surface area contributed by atoms with Crippen LogP contribution in [0.3, 0.4) is 0 Å². The summed E-state index contributed by atoms with van der Waals surface area (Å²) in [6.07, 6.45) is 3.06. The van der Waals surface area contributed by atoms with Gasteiger partial charge in [-0.2, -0.15) is 8.61 Å². The van der Waals surface area contributed by atoms with Gasteiger partial charge in [-0.25, -0.2) is 16.8 Å². The molecule has 3 atom stereocenters. The van der Waals surface area contributed by atoms with Crippen molar-refractivity contribution in [2.75, 3.05) is 33.9 Å². The molecular weight excluding hydrogens is 564 g/mol. The summed E-state index contributed by atoms with van der Waals surface area (Å²) in [4.78, 5) is -0.0165. The van der Waals surface area contributed by atoms with E-state index >= 15 is 0 Å². The second-order valence-corrected chi connectivity index (χ2v) is 14.0. The number of methoxy groups -OCH3 is 1. The van der Waals surface area contributed by atoms with Crippen molar-refractivity contribution < 1.29 is 31.4 Å². The predicted molar refractivity (Wildman–Crippen MR) is 159 cm³/mol. The molecule has 220 valence electrons. The summed E-state index contributed by atoms with van der Waals surface area (Å²) in [5, 5.41) is 9.89. The molecule has 0 fully saturated rings. The number of nitrogens with zero attached hydrogens (tertiary/aromatic N) is 2. The SMILES string of the molecule is COc1ccccc1S(=O)(=O)N(C)C[C@@H]1Oc2cc(/C=C/c3ccccc3)ccc2S(=O)(=O)N([C@H](C)CO)C[C@@H]1C. The molecule has 0 saturated heterocycles. The fraction of sp³-hybridized carbons (Fsp3) is 0.333. The Hall–Kier alpha value is -3.22. The standard InChI is InChI=1S/C30H36N2O7S2/c1-22-19-32(23(2)21-33)41(36,37)30-17-16-25(15-14-24-10-6-5-7-11-24)18-27(30)39-28(22)20-31(3)40(34,35)29-13-9-8-12-26(29)38-4/h5-18,22-23,28,33H,19-21H2,1-4H3/b15-14+/t22-,23+,28-/m0/s1. The molecule has 1 aliphatic heterocycles. The third-order valence-electron chi connectivity index (χ3n) is 7.15. The smallest absolute Gasteiger partial charge is 0.247 e. The van der Waals surface area contributed by atoms with Gasteiger partial charge in [0.15, 0.2) is 0 Å². The zero-order chi connectivity index (χ0) is 29.8. The Morgan fingerprint density at radius 1 is 1.07 bits per heavy atom. The third kappa shape index (κ3) is 6.65. The van der Waals surface area contributed by atoms with E-state index in [4.69, 9.17) is 9.47 Å². The van der Waals surface area contributed by atoms with Crippen LogP contribution < -0.4 is 9.47 Å². The molecular formula is C30H36N2O7S2. The van der Waals surface area contributed by atoms with Crippen molar-refractivity contribution in [1.82, 2.24) is 8.61 Å². The Morgan fingerprint density at radius 3 is 2.41 bits per heavy atom. The van der Waals surface area contributed by atoms with Crippen LogP contribution in [0.4, 0.5) is 0 Å². The number of aliphatic hydroxyl groups is 1. The number of hydrogen-bond donors (Lipinski definition) is 1. The zero-order valence-corrected chi connectivity index (χ0v) is 25.2. The first-order valence-corrected chi connectivity index (χ1v) is 16.1. The number of ether oxygens (including phenoxy) is 2. The topological polar surface area (TPSA) is 113 Å². The first-order valence-electron chi connectivity index (χ1n) is 13.2. The molecule has 0 aromatic heterocycles. The number of benzene rings is 3. The maximum absolute atomic E-state index is 13.8. The molecule has 3 aromatic rings. The zero-order valence-electron chi connectivity index (χ0n) is 23.5. The van der Waals surface area contributed by atoms with E-state index in [1.165, 1.54) is 34.9 Å². The molecule has 1 N–H and O–H groups in total. The Kier molecular flexibility index (Phi) is 9.55. The predicted octanol–water partition coefficient (Wildman–Crippen LogP) is 3.95. The van der Waals surface area contributed by atoms with E-state index in [2.05, 4.69) is 0 Å². The maximum Gasteiger partial charge on any atom is 0.247 e. The van der Waals surface area contributed by atoms with Crippen molar-refractivity contribution in [3.63, 3.8) is 0 Å². The van der Waals surface area contributed by atoms with Gasteiger partial charge in [-0.15, -0.1) is 0 Å². The second kappa shape index (κ2) is 12.7. The molecule has 3 aromatic carbocycles. The number of aliphatic hydroxyl groups excluding tert-OH is 1. The number of fused-ring (bicyclic) bond motifs is 1. The maximum atomic E-state index is 13.8. The lowest BCUT2D eigenvalue weighted by Gasteiger charge is -2.37. The second-order valence-electron chi connectivity index (χ2n) is 10.1. The lowest BCUT2D eigenvalue weighted by atomic mass is 10.0. The summed E-state index contributed by atoms with van der Waals surface area (Å²) < 4.78 is 68.7. The lowest BCUT2D eigenvalue weighted by molar-refractivity contribution is 0.0904. The molecule has 1 heterocycles. The van der Waals surface area contributed by atoms with Crippen molar-refractivity contribution in [3.8, 4) is 11.5 Å². The summed E-state index contributed by atoms with van der Waals surface area (Å²) in [7, 11) is -5.12. The van der Waals surface area contributed by atoms with Crippen LogP contribution in [-0.2, 0) is 20.0 Å². The Balaban J connectivity index is 1.74. The fourth-order valence-electron chi connectivity index (χ4n) is 4.67. The van der Waals surface area contributed by atoms with Crippen LogP contribution in [0.25, 0.3) is 12.2 Å². The van der Waals surface area contributed by atoms with Crippen molar-refractivity contribution in [2.24, 2.45) is 5.92 Å². The van der Waals surface area contributed by atoms with Gasteiger partial charge >= 0.3 is 0 Å². The van der Waals surface area contributed by atoms with Crippen LogP contribution in [-0.4, -0.2) is 76.6 Å². The molecule has 1 aliphatic rings. The molecule has 0 saturated carbocycles. The van der Waals surface area contributed by atoms with Gasteiger partial charge < -0.3 is 14.6 Å². The monoisotopic (exact) mass is 600 g/mol. The lowest BCUT2D eigenvalue weighted by Crippen LogP contribution is -2.50. The van der Waals surface area contributed by atoms with Gasteiger partial charge in [0, 0.05) is 25.6 Å². The van der Waals surface area contributed by atoms with E-state index in [0.29, 0.717) is 5.56 Å². The summed E-state index contributed by atoms with van der Waals surface area (Å²) in [5.74, 6) is -0.0824. The highest BCUT2D eigenvalue weighted by molar-refractivity contribution is 7.89. The van der Waals surface area contributed by atoms with Crippen LogP contribution in [0.5, 0.6) is 11.5 Å². The van der Waals surface area contributed by atoms with E-state index in [1.54, 1.807) is 37.3 Å². The first-order chi connectivity index (χ1) is 19.5. The van der Waals surface area contributed by atoms with E-state index in [9.17, 15) is 21.9 Å². The number of likely N-dealkylation sites (N-methyl/N-ethyl adjacent to an activating group) is 1. The number of hydrogen-bond acceptors (Lipinski definition) is 7. The minimum absolute atomic E-state index is 0.0235. The van der Waals surface area contributed by atoms with Gasteiger partial charge in [0.1, 0.15) is 27.4 Å². The molecule has 11 heteroatoms. The molecule has 4 rings (SSSR count). The first kappa shape index (κ1) is 30.7. The molecule has 41 heavy (non-hydrogen) atoms. The molecule has 0 radical (unpaired) electrons. The van der Waals surface area contributed by atoms with E-state index in [-0.39, 0.29) is 41.0 Å². The number of para-hydroxylation sites is 1. The van der Waals surface area contributed by atoms with Gasteiger partial charge in [0.2, 0.25) is 20.0 Å². The largest absolute Gasteiger partial charge is 0.495 e. The minimum Gasteiger partial charge on any atom is -0.495 e. The number of sulfonamides is 2. The summed E-state index contributed by atoms with van der Waals surface area (Å²) in [6.45, 7) is 3.06. The summed E-state index contributed by atoms with van der Waals surface area (Å²) in [6, 6.07) is 20.2. The van der Waals surface area contributed by atoms with Crippen LogP contribution in [0, 0.1) is 5.92 Å². The fourth-order valence-corrected chi connectivity index (χ4v) is 7.83. The average molecular weight is 601 g/mol. The highest BCUT2D eigenvalue weighted by Gasteiger charge is 2.39. The molecule has 0 aliphatic carbocycles. The quantitative estimate of drug-likeness (QED) is 0.370. The minimum atomic E-state index is -4.03.